The lowest BCUT2D eigenvalue weighted by Crippen LogP contribution is -2.17. The summed E-state index contributed by atoms with van der Waals surface area (Å²) in [5.74, 6) is -0.432. The third kappa shape index (κ3) is 3.90. The number of nitrogens with zero attached hydrogens (tertiary/aromatic N) is 1. The Morgan fingerprint density at radius 3 is 2.60 bits per heavy atom. The van der Waals surface area contributed by atoms with E-state index in [1.807, 2.05) is 0 Å². The van der Waals surface area contributed by atoms with Gasteiger partial charge in [-0.15, -0.1) is 13.2 Å². The predicted octanol–water partition coefficient (Wildman–Crippen LogP) is 3.81. The zero-order valence-electron chi connectivity index (χ0n) is 7.01. The van der Waals surface area contributed by atoms with Crippen LogP contribution in [0.4, 0.5) is 13.2 Å². The Morgan fingerprint density at radius 2 is 2.07 bits per heavy atom. The summed E-state index contributed by atoms with van der Waals surface area (Å²) in [5, 5.41) is 10.3. The number of ether oxygens (including phenoxy) is 1. The molecular weight excluding hydrogens is 251 g/mol. The van der Waals surface area contributed by atoms with Crippen LogP contribution in [0, 0.1) is 10.7 Å². The van der Waals surface area contributed by atoms with Crippen LogP contribution >= 0.6 is 23.4 Å². The van der Waals surface area contributed by atoms with E-state index in [-0.39, 0.29) is 9.92 Å². The van der Waals surface area contributed by atoms with Crippen LogP contribution in [0.2, 0.25) is 5.02 Å². The molecule has 0 spiro atoms. The predicted molar refractivity (Wildman–Crippen MR) is 49.6 cm³/mol. The van der Waals surface area contributed by atoms with Gasteiger partial charge in [0.2, 0.25) is 0 Å². The van der Waals surface area contributed by atoms with E-state index in [4.69, 9.17) is 16.9 Å². The van der Waals surface area contributed by atoms with E-state index in [9.17, 15) is 13.2 Å². The van der Waals surface area contributed by atoms with Gasteiger partial charge in [0, 0.05) is 5.02 Å². The second-order valence-corrected chi connectivity index (χ2v) is 3.60. The Labute approximate surface area is 92.6 Å². The number of hydrogen-bond acceptors (Lipinski definition) is 3. The quantitative estimate of drug-likeness (QED) is 0.593. The van der Waals surface area contributed by atoms with Crippen molar-refractivity contribution in [2.45, 2.75) is 11.3 Å². The van der Waals surface area contributed by atoms with Crippen molar-refractivity contribution in [3.05, 3.63) is 23.2 Å². The van der Waals surface area contributed by atoms with Gasteiger partial charge in [-0.05, 0) is 30.0 Å². The van der Waals surface area contributed by atoms with Gasteiger partial charge in [-0.25, -0.2) is 0 Å². The number of hydrogen-bond donors (Lipinski definition) is 0. The van der Waals surface area contributed by atoms with Gasteiger partial charge in [-0.2, -0.15) is 5.26 Å². The van der Waals surface area contributed by atoms with Gasteiger partial charge >= 0.3 is 6.36 Å². The minimum absolute atomic E-state index is 0.0299. The molecule has 0 aliphatic rings. The first kappa shape index (κ1) is 12.0. The van der Waals surface area contributed by atoms with Crippen molar-refractivity contribution < 1.29 is 17.9 Å². The molecule has 0 aromatic heterocycles. The highest BCUT2D eigenvalue weighted by molar-refractivity contribution is 8.03. The molecule has 15 heavy (non-hydrogen) atoms. The Bertz CT molecular complexity index is 402. The molecule has 0 amide bonds. The van der Waals surface area contributed by atoms with Gasteiger partial charge in [0.05, 0.1) is 4.90 Å². The molecule has 0 atom stereocenters. The van der Waals surface area contributed by atoms with Crippen LogP contribution in [0.15, 0.2) is 23.1 Å². The summed E-state index contributed by atoms with van der Waals surface area (Å²) >= 11 is 6.12. The van der Waals surface area contributed by atoms with Crippen LogP contribution in [-0.2, 0) is 0 Å². The molecule has 0 bridgehead atoms. The van der Waals surface area contributed by atoms with Crippen molar-refractivity contribution in [2.75, 3.05) is 0 Å². The van der Waals surface area contributed by atoms with Gasteiger partial charge in [-0.1, -0.05) is 11.6 Å². The van der Waals surface area contributed by atoms with E-state index in [1.165, 1.54) is 12.1 Å². The number of thiocyanates is 1. The van der Waals surface area contributed by atoms with Crippen LogP contribution in [0.1, 0.15) is 0 Å². The Balaban J connectivity index is 3.02. The van der Waals surface area contributed by atoms with Crippen molar-refractivity contribution in [1.82, 2.24) is 0 Å². The van der Waals surface area contributed by atoms with Gasteiger partial charge in [0.1, 0.15) is 11.2 Å². The Hall–Kier alpha value is -1.06. The van der Waals surface area contributed by atoms with Crippen molar-refractivity contribution in [2.24, 2.45) is 0 Å². The zero-order chi connectivity index (χ0) is 11.5. The third-order valence-corrected chi connectivity index (χ3v) is 2.15. The van der Waals surface area contributed by atoms with Gasteiger partial charge < -0.3 is 4.74 Å². The number of halogens is 4. The summed E-state index contributed by atoms with van der Waals surface area (Å²) < 4.78 is 39.5. The molecule has 0 fully saturated rings. The minimum atomic E-state index is -4.78. The van der Waals surface area contributed by atoms with Crippen molar-refractivity contribution in [3.8, 4) is 11.2 Å². The highest BCUT2D eigenvalue weighted by Crippen LogP contribution is 2.34. The molecule has 0 N–H and O–H groups in total. The zero-order valence-corrected chi connectivity index (χ0v) is 8.58. The van der Waals surface area contributed by atoms with Gasteiger partial charge in [0.15, 0.2) is 0 Å². The fourth-order valence-corrected chi connectivity index (χ4v) is 1.55. The molecule has 0 unspecified atom stereocenters. The first-order valence-electron chi connectivity index (χ1n) is 3.53. The summed E-state index contributed by atoms with van der Waals surface area (Å²) in [5.41, 5.74) is 0. The first-order chi connectivity index (χ1) is 6.92. The van der Waals surface area contributed by atoms with Gasteiger partial charge in [-0.3, -0.25) is 0 Å². The van der Waals surface area contributed by atoms with Crippen LogP contribution in [-0.4, -0.2) is 6.36 Å². The molecule has 0 saturated heterocycles. The Kier molecular flexibility index (Phi) is 3.72. The van der Waals surface area contributed by atoms with E-state index >= 15 is 0 Å². The normalized spacial score (nSPS) is 10.9. The highest BCUT2D eigenvalue weighted by atomic mass is 35.5. The fourth-order valence-electron chi connectivity index (χ4n) is 0.820. The molecule has 1 rings (SSSR count). The van der Waals surface area contributed by atoms with E-state index in [2.05, 4.69) is 4.74 Å². The molecule has 1 aromatic rings. The molecule has 0 saturated carbocycles. The summed E-state index contributed by atoms with van der Waals surface area (Å²) in [6.45, 7) is 0. The van der Waals surface area contributed by atoms with E-state index in [0.29, 0.717) is 11.8 Å². The van der Waals surface area contributed by atoms with Crippen molar-refractivity contribution >= 4 is 23.4 Å². The second-order valence-electron chi connectivity index (χ2n) is 2.33. The maximum absolute atomic E-state index is 11.9. The minimum Gasteiger partial charge on any atom is -0.405 e. The fraction of sp³-hybridized carbons (Fsp3) is 0.125. The number of rotatable bonds is 2. The molecule has 0 aliphatic heterocycles. The monoisotopic (exact) mass is 253 g/mol. The SMILES string of the molecule is N#CSc1cc(Cl)ccc1OC(F)(F)F. The number of nitriles is 1. The molecule has 0 heterocycles. The average Bonchev–Trinajstić information content (AvgIpc) is 2.08. The second kappa shape index (κ2) is 4.64. The lowest BCUT2D eigenvalue weighted by molar-refractivity contribution is -0.275. The molecule has 0 aliphatic carbocycles. The molecule has 2 nitrogen and oxygen atoms in total. The van der Waals surface area contributed by atoms with Crippen LogP contribution in [0.3, 0.4) is 0 Å². The molecule has 0 radical (unpaired) electrons. The van der Waals surface area contributed by atoms with Crippen molar-refractivity contribution in [3.63, 3.8) is 0 Å². The van der Waals surface area contributed by atoms with E-state index in [1.54, 1.807) is 5.40 Å². The molecule has 80 valence electrons. The largest absolute Gasteiger partial charge is 0.573 e. The number of thioether (sulfide) groups is 1. The van der Waals surface area contributed by atoms with E-state index < -0.39 is 12.1 Å². The molecular formula is C8H3ClF3NOS. The highest BCUT2D eigenvalue weighted by Gasteiger charge is 2.32. The summed E-state index contributed by atoms with van der Waals surface area (Å²) in [4.78, 5) is 0.0299. The average molecular weight is 254 g/mol. The third-order valence-electron chi connectivity index (χ3n) is 1.29. The Morgan fingerprint density at radius 1 is 1.40 bits per heavy atom. The summed E-state index contributed by atoms with van der Waals surface area (Å²) in [7, 11) is 0. The first-order valence-corrected chi connectivity index (χ1v) is 4.73. The number of alkyl halides is 3. The lowest BCUT2D eigenvalue weighted by Gasteiger charge is -2.11. The number of benzene rings is 1. The van der Waals surface area contributed by atoms with Crippen LogP contribution in [0.25, 0.3) is 0 Å². The maximum atomic E-state index is 11.9. The smallest absolute Gasteiger partial charge is 0.405 e. The van der Waals surface area contributed by atoms with Gasteiger partial charge in [0.25, 0.3) is 0 Å². The molecule has 7 heteroatoms. The lowest BCUT2D eigenvalue weighted by atomic mass is 10.3. The molecule has 1 aromatic carbocycles. The standard InChI is InChI=1S/C8H3ClF3NOS/c9-5-1-2-6(14-8(10,11)12)7(3-5)15-4-13/h1-3H. The summed E-state index contributed by atoms with van der Waals surface area (Å²) in [6.07, 6.45) is -4.78. The van der Waals surface area contributed by atoms with Crippen LogP contribution < -0.4 is 4.74 Å². The topological polar surface area (TPSA) is 33.0 Å². The maximum Gasteiger partial charge on any atom is 0.573 e. The van der Waals surface area contributed by atoms with Crippen molar-refractivity contribution in [1.29, 1.82) is 5.26 Å². The summed E-state index contributed by atoms with van der Waals surface area (Å²) in [6, 6.07) is 3.55. The van der Waals surface area contributed by atoms with E-state index in [0.717, 1.165) is 6.07 Å². The van der Waals surface area contributed by atoms with Crippen LogP contribution in [0.5, 0.6) is 5.75 Å².